The number of carboxylic acid groups (broad SMARTS) is 3. The van der Waals surface area contributed by atoms with Crippen molar-refractivity contribution in [3.8, 4) is 0 Å². The molecule has 2 amide bonds. The molecule has 11 nitrogen and oxygen atoms in total. The molecule has 1 unspecified atom stereocenters. The van der Waals surface area contributed by atoms with Crippen LogP contribution in [0, 0.1) is 52.4 Å². The van der Waals surface area contributed by atoms with E-state index in [1.165, 1.54) is 0 Å². The highest BCUT2D eigenvalue weighted by molar-refractivity contribution is 5.80. The van der Waals surface area contributed by atoms with Crippen molar-refractivity contribution in [1.29, 1.82) is 0 Å². The molecule has 0 aliphatic heterocycles. The Morgan fingerprint density at radius 2 is 0.712 bits per heavy atom. The molecule has 5 aromatic rings. The highest BCUT2D eigenvalue weighted by Crippen LogP contribution is 2.19. The molecule has 7 N–H and O–H groups in total. The summed E-state index contributed by atoms with van der Waals surface area (Å²) in [5.74, 6) is -14.9. The number of rotatable bonds is 18. The van der Waals surface area contributed by atoms with Crippen LogP contribution in [0.25, 0.3) is 0 Å². The van der Waals surface area contributed by atoms with E-state index in [-0.39, 0.29) is 55.2 Å². The third-order valence-electron chi connectivity index (χ3n) is 9.11. The van der Waals surface area contributed by atoms with Crippen molar-refractivity contribution in [3.05, 3.63) is 177 Å². The number of nitrogens with two attached hydrogens (primary N) is 1. The molecule has 20 heteroatoms. The molecule has 3 atom stereocenters. The summed E-state index contributed by atoms with van der Waals surface area (Å²) < 4.78 is 118. The normalized spacial score (nSPS) is 12.0. The molecule has 0 bridgehead atoms. The summed E-state index contributed by atoms with van der Waals surface area (Å²) in [7, 11) is 0. The molecule has 0 radical (unpaired) electrons. The Balaban J connectivity index is 0.000000270. The number of carboxylic acids is 3. The lowest BCUT2D eigenvalue weighted by Gasteiger charge is -2.18. The first-order valence-electron chi connectivity index (χ1n) is 19.6. The standard InChI is InChI=1S/2C18H16F3NO3.C10H10F3NO2/c2*19-14-10-16(21)15(20)8-12(14)7-13(9-18(24)25)22-17(23)6-11-4-2-1-3-5-11;11-7-4-9(13)8(12)2-5(7)1-6(14)3-10(15)16/h2*1-5,8,10,13H,6-7,9H2,(H,22,23)(H,24,25);2,4,6H,1,3,14H2,(H,15,16)/t13-;;6-/m1.0/s1. The van der Waals surface area contributed by atoms with Gasteiger partial charge in [0.2, 0.25) is 11.8 Å². The Hall–Kier alpha value is -7.22. The van der Waals surface area contributed by atoms with Crippen molar-refractivity contribution >= 4 is 29.7 Å². The van der Waals surface area contributed by atoms with Crippen LogP contribution in [0.3, 0.4) is 0 Å². The third kappa shape index (κ3) is 18.9. The van der Waals surface area contributed by atoms with Crippen LogP contribution in [0.1, 0.15) is 47.1 Å². The van der Waals surface area contributed by atoms with Gasteiger partial charge >= 0.3 is 17.9 Å². The fraction of sp³-hybridized carbons (Fsp3) is 0.239. The van der Waals surface area contributed by atoms with Gasteiger partial charge in [-0.1, -0.05) is 60.7 Å². The van der Waals surface area contributed by atoms with Crippen LogP contribution >= 0.6 is 0 Å². The van der Waals surface area contributed by atoms with Crippen LogP contribution < -0.4 is 16.4 Å². The fourth-order valence-corrected chi connectivity index (χ4v) is 6.16. The minimum absolute atomic E-state index is 0.0250. The van der Waals surface area contributed by atoms with Crippen LogP contribution in [0.15, 0.2) is 97.1 Å². The lowest BCUT2D eigenvalue weighted by molar-refractivity contribution is -0.139. The van der Waals surface area contributed by atoms with Crippen LogP contribution in [0.5, 0.6) is 0 Å². The molecule has 66 heavy (non-hydrogen) atoms. The van der Waals surface area contributed by atoms with Gasteiger partial charge in [0, 0.05) is 36.3 Å². The van der Waals surface area contributed by atoms with Crippen molar-refractivity contribution in [3.63, 3.8) is 0 Å². The number of halogens is 9. The highest BCUT2D eigenvalue weighted by Gasteiger charge is 2.22. The maximum Gasteiger partial charge on any atom is 0.305 e. The van der Waals surface area contributed by atoms with Crippen molar-refractivity contribution in [2.45, 2.75) is 69.5 Å². The van der Waals surface area contributed by atoms with E-state index in [1.54, 1.807) is 60.7 Å². The van der Waals surface area contributed by atoms with Gasteiger partial charge in [-0.2, -0.15) is 0 Å². The number of hydrogen-bond acceptors (Lipinski definition) is 6. The number of nitrogens with one attached hydrogen (secondary N) is 2. The van der Waals surface area contributed by atoms with Gasteiger partial charge in [-0.05, 0) is 65.3 Å². The first kappa shape index (κ1) is 53.1. The second-order valence-electron chi connectivity index (χ2n) is 14.6. The molecule has 0 spiro atoms. The summed E-state index contributed by atoms with van der Waals surface area (Å²) in [4.78, 5) is 56.4. The van der Waals surface area contributed by atoms with Crippen molar-refractivity contribution < 1.29 is 78.8 Å². The zero-order valence-corrected chi connectivity index (χ0v) is 34.5. The molecule has 0 saturated heterocycles. The van der Waals surface area contributed by atoms with E-state index in [4.69, 9.17) is 21.1 Å². The summed E-state index contributed by atoms with van der Waals surface area (Å²) >= 11 is 0. The van der Waals surface area contributed by atoms with Gasteiger partial charge in [0.25, 0.3) is 0 Å². The van der Waals surface area contributed by atoms with Crippen LogP contribution in [0.2, 0.25) is 0 Å². The van der Waals surface area contributed by atoms with Crippen LogP contribution in [-0.4, -0.2) is 63.2 Å². The molecular formula is C46H42F9N3O8. The summed E-state index contributed by atoms with van der Waals surface area (Å²) in [5, 5.41) is 31.3. The van der Waals surface area contributed by atoms with Gasteiger partial charge in [-0.15, -0.1) is 0 Å². The average Bonchev–Trinajstić information content (AvgIpc) is 3.21. The van der Waals surface area contributed by atoms with E-state index >= 15 is 0 Å². The molecule has 5 rings (SSSR count). The number of aliphatic carboxylic acids is 3. The van der Waals surface area contributed by atoms with E-state index in [1.807, 2.05) is 0 Å². The average molecular weight is 936 g/mol. The molecule has 0 saturated carbocycles. The second-order valence-corrected chi connectivity index (χ2v) is 14.6. The summed E-state index contributed by atoms with van der Waals surface area (Å²) in [6.07, 6.45) is -1.95. The van der Waals surface area contributed by atoms with E-state index < -0.39 is 113 Å². The number of hydrogen-bond donors (Lipinski definition) is 6. The molecule has 0 aromatic heterocycles. The molecular weight excluding hydrogens is 894 g/mol. The topological polar surface area (TPSA) is 196 Å². The molecule has 352 valence electrons. The largest absolute Gasteiger partial charge is 0.481 e. The zero-order valence-electron chi connectivity index (χ0n) is 34.5. The molecule has 0 aliphatic carbocycles. The highest BCUT2D eigenvalue weighted by atomic mass is 19.2. The smallest absolute Gasteiger partial charge is 0.305 e. The first-order chi connectivity index (χ1) is 31.1. The SMILES string of the molecule is N[C@H](CC(=O)O)Cc1cc(F)c(F)cc1F.O=C(O)CC(Cc1cc(F)c(F)cc1F)NC(=O)Cc1ccccc1.O=C(O)C[C@@H](Cc1cc(F)c(F)cc1F)NC(=O)Cc1ccccc1. The van der Waals surface area contributed by atoms with E-state index in [0.717, 1.165) is 11.1 Å². The number of carbonyl (C=O) groups is 5. The van der Waals surface area contributed by atoms with Gasteiger partial charge in [-0.25, -0.2) is 39.5 Å². The Labute approximate surface area is 371 Å². The Bertz CT molecular complexity index is 2340. The zero-order chi connectivity index (χ0) is 49.1. The van der Waals surface area contributed by atoms with Gasteiger partial charge < -0.3 is 31.7 Å². The summed E-state index contributed by atoms with van der Waals surface area (Å²) in [6.45, 7) is 0. The van der Waals surface area contributed by atoms with E-state index in [9.17, 15) is 63.5 Å². The Morgan fingerprint density at radius 3 is 1.02 bits per heavy atom. The predicted molar refractivity (Wildman–Crippen MR) is 219 cm³/mol. The maximum atomic E-state index is 13.7. The predicted octanol–water partition coefficient (Wildman–Crippen LogP) is 7.15. The number of carbonyl (C=O) groups excluding carboxylic acids is 2. The summed E-state index contributed by atoms with van der Waals surface area (Å²) in [5.41, 5.74) is 6.32. The number of amides is 2. The lowest BCUT2D eigenvalue weighted by Crippen LogP contribution is -2.39. The minimum atomic E-state index is -1.33. The van der Waals surface area contributed by atoms with Crippen LogP contribution in [-0.2, 0) is 56.1 Å². The van der Waals surface area contributed by atoms with Gasteiger partial charge in [0.05, 0.1) is 32.1 Å². The molecule has 0 heterocycles. The van der Waals surface area contributed by atoms with E-state index in [0.29, 0.717) is 36.4 Å². The van der Waals surface area contributed by atoms with Crippen molar-refractivity contribution in [2.75, 3.05) is 0 Å². The fourth-order valence-electron chi connectivity index (χ4n) is 6.16. The van der Waals surface area contributed by atoms with Gasteiger partial charge in [0.15, 0.2) is 34.9 Å². The minimum Gasteiger partial charge on any atom is -0.481 e. The van der Waals surface area contributed by atoms with Gasteiger partial charge in [-0.3, -0.25) is 24.0 Å². The van der Waals surface area contributed by atoms with Crippen LogP contribution in [0.4, 0.5) is 39.5 Å². The summed E-state index contributed by atoms with van der Waals surface area (Å²) in [6, 6.07) is 18.1. The molecule has 0 fully saturated rings. The number of benzene rings is 5. The second kappa shape index (κ2) is 25.9. The third-order valence-corrected chi connectivity index (χ3v) is 9.11. The monoisotopic (exact) mass is 935 g/mol. The first-order valence-corrected chi connectivity index (χ1v) is 19.6. The lowest BCUT2D eigenvalue weighted by atomic mass is 10.0. The Morgan fingerprint density at radius 1 is 0.424 bits per heavy atom. The van der Waals surface area contributed by atoms with Crippen molar-refractivity contribution in [1.82, 2.24) is 10.6 Å². The van der Waals surface area contributed by atoms with Crippen molar-refractivity contribution in [2.24, 2.45) is 5.73 Å². The maximum absolute atomic E-state index is 13.7. The molecule has 5 aromatic carbocycles. The van der Waals surface area contributed by atoms with E-state index in [2.05, 4.69) is 10.6 Å². The Kier molecular flexibility index (Phi) is 20.9. The quantitative estimate of drug-likeness (QED) is 0.0391. The molecule has 0 aliphatic rings. The van der Waals surface area contributed by atoms with Gasteiger partial charge in [0.1, 0.15) is 17.5 Å².